The Labute approximate surface area is 261 Å². The van der Waals surface area contributed by atoms with Crippen molar-refractivity contribution in [1.82, 2.24) is 24.4 Å². The lowest BCUT2D eigenvalue weighted by Gasteiger charge is -2.44. The van der Waals surface area contributed by atoms with Crippen molar-refractivity contribution >= 4 is 46.0 Å². The van der Waals surface area contributed by atoms with Crippen molar-refractivity contribution in [3.05, 3.63) is 82.0 Å². The zero-order chi connectivity index (χ0) is 31.3. The SMILES string of the molecule is C=CC(=O)N1[C@H](C)CN(c2nc(=O)n3c4c(c(-c5cc(Cl)c(F)cc5F)c(C)cc24)SC[C@@H](Oc2ncccn2)C3)C[C@@H]1C. The molecule has 2 aliphatic rings. The lowest BCUT2D eigenvalue weighted by Crippen LogP contribution is -2.58. The molecule has 0 bridgehead atoms. The molecular formula is C31H29ClF2N6O3S. The number of benzene rings is 2. The fourth-order valence-electron chi connectivity index (χ4n) is 6.16. The van der Waals surface area contributed by atoms with E-state index >= 15 is 4.39 Å². The van der Waals surface area contributed by atoms with E-state index in [9.17, 15) is 14.0 Å². The van der Waals surface area contributed by atoms with Gasteiger partial charge in [0.05, 0.1) is 17.1 Å². The number of rotatable bonds is 5. The third kappa shape index (κ3) is 5.30. The number of halogens is 3. The van der Waals surface area contributed by atoms with Gasteiger partial charge in [0.25, 0.3) is 0 Å². The largest absolute Gasteiger partial charge is 0.457 e. The molecule has 2 aromatic carbocycles. The molecule has 2 aromatic heterocycles. The topological polar surface area (TPSA) is 93.5 Å². The molecule has 0 N–H and O–H groups in total. The molecule has 4 aromatic rings. The number of nitrogens with zero attached hydrogens (tertiary/aromatic N) is 6. The van der Waals surface area contributed by atoms with Gasteiger partial charge in [0.2, 0.25) is 5.91 Å². The minimum atomic E-state index is -0.859. The number of amides is 1. The molecule has 0 aliphatic carbocycles. The van der Waals surface area contributed by atoms with Crippen molar-refractivity contribution < 1.29 is 18.3 Å². The fraction of sp³-hybridized carbons (Fsp3) is 0.323. The maximum absolute atomic E-state index is 15.4. The van der Waals surface area contributed by atoms with Crippen molar-refractivity contribution in [3.8, 4) is 17.1 Å². The molecule has 1 amide bonds. The average Bonchev–Trinajstić information content (AvgIpc) is 3.17. The number of hydrogen-bond acceptors (Lipinski definition) is 8. The highest BCUT2D eigenvalue weighted by atomic mass is 35.5. The molecule has 0 spiro atoms. The first-order valence-electron chi connectivity index (χ1n) is 14.1. The quantitative estimate of drug-likeness (QED) is 0.216. The Hall–Kier alpha value is -4.03. The molecule has 228 valence electrons. The first-order chi connectivity index (χ1) is 21.1. The molecule has 6 rings (SSSR count). The van der Waals surface area contributed by atoms with Gasteiger partial charge in [0, 0.05) is 70.8 Å². The van der Waals surface area contributed by atoms with Gasteiger partial charge in [-0.25, -0.2) is 23.5 Å². The van der Waals surface area contributed by atoms with Gasteiger partial charge < -0.3 is 14.5 Å². The number of hydrogen-bond donors (Lipinski definition) is 0. The second-order valence-corrected chi connectivity index (χ2v) is 12.4. The average molecular weight is 639 g/mol. The van der Waals surface area contributed by atoms with Crippen LogP contribution in [0.15, 0.2) is 59.0 Å². The van der Waals surface area contributed by atoms with E-state index in [0.29, 0.717) is 51.6 Å². The minimum absolute atomic E-state index is 0.125. The summed E-state index contributed by atoms with van der Waals surface area (Å²) in [6, 6.07) is 5.42. The van der Waals surface area contributed by atoms with Crippen LogP contribution in [-0.4, -0.2) is 67.4 Å². The summed E-state index contributed by atoms with van der Waals surface area (Å²) in [6.45, 7) is 10.4. The van der Waals surface area contributed by atoms with Crippen molar-refractivity contribution in [3.63, 3.8) is 0 Å². The molecule has 1 fully saturated rings. The molecule has 13 heteroatoms. The lowest BCUT2D eigenvalue weighted by atomic mass is 9.97. The van der Waals surface area contributed by atoms with Gasteiger partial charge in [-0.1, -0.05) is 18.2 Å². The van der Waals surface area contributed by atoms with Crippen molar-refractivity contribution in [1.29, 1.82) is 0 Å². The van der Waals surface area contributed by atoms with Gasteiger partial charge in [-0.15, -0.1) is 11.8 Å². The first-order valence-corrected chi connectivity index (χ1v) is 15.4. The molecule has 44 heavy (non-hydrogen) atoms. The normalized spacial score (nSPS) is 20.0. The summed E-state index contributed by atoms with van der Waals surface area (Å²) < 4.78 is 37.2. The molecule has 0 saturated carbocycles. The number of aryl methyl sites for hydroxylation is 1. The second-order valence-electron chi connectivity index (χ2n) is 11.0. The molecule has 3 atom stereocenters. The smallest absolute Gasteiger partial charge is 0.350 e. The second kappa shape index (κ2) is 11.8. The summed E-state index contributed by atoms with van der Waals surface area (Å²) in [4.78, 5) is 43.7. The molecule has 2 aliphatic heterocycles. The highest BCUT2D eigenvalue weighted by molar-refractivity contribution is 7.99. The van der Waals surface area contributed by atoms with Crippen LogP contribution in [0.2, 0.25) is 5.02 Å². The molecule has 4 heterocycles. The standard InChI is InChI=1S/C31H29ClF2N6O3S/c1-5-25(41)40-17(3)12-38(13-18(40)4)29-21-9-16(2)26(20-10-22(32)24(34)11-23(20)33)28-27(21)39(31(42)37-29)14-19(15-44-28)43-30-35-7-6-8-36-30/h5-11,17-19H,1,12-15H2,2-4H3/t17-,18+,19-/m0/s1. The number of carbonyl (C=O) groups is 1. The number of carbonyl (C=O) groups excluding carboxylic acids is 1. The van der Waals surface area contributed by atoms with E-state index in [-0.39, 0.29) is 41.1 Å². The number of ether oxygens (including phenoxy) is 1. The van der Waals surface area contributed by atoms with E-state index in [1.807, 2.05) is 31.7 Å². The Kier molecular flexibility index (Phi) is 8.06. The molecule has 0 unspecified atom stereocenters. The van der Waals surface area contributed by atoms with Crippen LogP contribution in [0.25, 0.3) is 22.0 Å². The zero-order valence-corrected chi connectivity index (χ0v) is 25.8. The zero-order valence-electron chi connectivity index (χ0n) is 24.3. The number of piperazine rings is 1. The van der Waals surface area contributed by atoms with Crippen LogP contribution in [-0.2, 0) is 11.3 Å². The van der Waals surface area contributed by atoms with Crippen LogP contribution in [0, 0.1) is 18.6 Å². The predicted molar refractivity (Wildman–Crippen MR) is 166 cm³/mol. The summed E-state index contributed by atoms with van der Waals surface area (Å²) in [5, 5.41) is 0.485. The Morgan fingerprint density at radius 2 is 1.82 bits per heavy atom. The number of aromatic nitrogens is 4. The van der Waals surface area contributed by atoms with E-state index in [4.69, 9.17) is 16.3 Å². The van der Waals surface area contributed by atoms with E-state index < -0.39 is 23.4 Å². The first kappa shape index (κ1) is 30.0. The minimum Gasteiger partial charge on any atom is -0.457 e. The summed E-state index contributed by atoms with van der Waals surface area (Å²) >= 11 is 7.53. The van der Waals surface area contributed by atoms with Gasteiger partial charge in [0.15, 0.2) is 0 Å². The third-order valence-electron chi connectivity index (χ3n) is 7.94. The summed E-state index contributed by atoms with van der Waals surface area (Å²) in [5.41, 5.74) is 1.39. The van der Waals surface area contributed by atoms with Crippen LogP contribution < -0.4 is 15.3 Å². The van der Waals surface area contributed by atoms with Crippen molar-refractivity contribution in [2.24, 2.45) is 0 Å². The van der Waals surface area contributed by atoms with Gasteiger partial charge in [0.1, 0.15) is 23.6 Å². The van der Waals surface area contributed by atoms with E-state index in [1.165, 1.54) is 28.5 Å². The maximum Gasteiger partial charge on any atom is 0.350 e. The van der Waals surface area contributed by atoms with Crippen LogP contribution in [0.1, 0.15) is 19.4 Å². The summed E-state index contributed by atoms with van der Waals surface area (Å²) in [6.07, 6.45) is 3.91. The third-order valence-corrected chi connectivity index (χ3v) is 9.45. The van der Waals surface area contributed by atoms with E-state index in [2.05, 4.69) is 21.5 Å². The van der Waals surface area contributed by atoms with E-state index in [0.717, 1.165) is 6.07 Å². The Bertz CT molecular complexity index is 1840. The Morgan fingerprint density at radius 3 is 2.50 bits per heavy atom. The number of anilines is 1. The van der Waals surface area contributed by atoms with Crippen molar-refractivity contribution in [2.75, 3.05) is 23.7 Å². The van der Waals surface area contributed by atoms with Gasteiger partial charge >= 0.3 is 11.7 Å². The monoisotopic (exact) mass is 638 g/mol. The van der Waals surface area contributed by atoms with Crippen LogP contribution in [0.5, 0.6) is 6.01 Å². The van der Waals surface area contributed by atoms with Gasteiger partial charge in [-0.3, -0.25) is 9.36 Å². The molecular weight excluding hydrogens is 610 g/mol. The molecule has 0 radical (unpaired) electrons. The van der Waals surface area contributed by atoms with Crippen LogP contribution in [0.3, 0.4) is 0 Å². The summed E-state index contributed by atoms with van der Waals surface area (Å²) in [7, 11) is 0. The van der Waals surface area contributed by atoms with Gasteiger partial charge in [-0.2, -0.15) is 4.98 Å². The van der Waals surface area contributed by atoms with Crippen molar-refractivity contribution in [2.45, 2.75) is 50.4 Å². The molecule has 1 saturated heterocycles. The predicted octanol–water partition coefficient (Wildman–Crippen LogP) is 5.26. The molecule has 9 nitrogen and oxygen atoms in total. The van der Waals surface area contributed by atoms with Crippen LogP contribution >= 0.6 is 23.4 Å². The Morgan fingerprint density at radius 1 is 1.11 bits per heavy atom. The fourth-order valence-corrected chi connectivity index (χ4v) is 7.62. The lowest BCUT2D eigenvalue weighted by molar-refractivity contribution is -0.130. The van der Waals surface area contributed by atoms with Crippen LogP contribution in [0.4, 0.5) is 14.6 Å². The summed E-state index contributed by atoms with van der Waals surface area (Å²) in [5.74, 6) is -0.925. The Balaban J connectivity index is 1.55. The maximum atomic E-state index is 15.4. The number of thioether (sulfide) groups is 1. The highest BCUT2D eigenvalue weighted by Crippen LogP contribution is 2.45. The van der Waals surface area contributed by atoms with E-state index in [1.54, 1.807) is 23.4 Å². The van der Waals surface area contributed by atoms with Gasteiger partial charge in [-0.05, 0) is 50.6 Å². The highest BCUT2D eigenvalue weighted by Gasteiger charge is 2.35.